The van der Waals surface area contributed by atoms with Crippen LogP contribution in [0.15, 0.2) is 47.4 Å². The standard InChI is InChI=1S/C26H30F3N5OS.C3H6O2/c1-33-13-10-18(11-14-33)32-22-6-3-7-24-21(22)15-19(34(24)17-26(27,28)29)5-4-12-31-23-9-8-20(36-30)16-25(23)35-2;1-5-3-2-4/h3,6-9,15-16,18,31-32H,10-14,17,30H2,1-2H3;2H,3H2,1H3. The summed E-state index contributed by atoms with van der Waals surface area (Å²) < 4.78 is 51.3. The second-order valence-corrected chi connectivity index (χ2v) is 10.2. The third-order valence-corrected chi connectivity index (χ3v) is 7.01. The van der Waals surface area contributed by atoms with Gasteiger partial charge in [-0.3, -0.25) is 5.14 Å². The molecule has 4 N–H and O–H groups in total. The lowest BCUT2D eigenvalue weighted by atomic mass is 10.0. The van der Waals surface area contributed by atoms with E-state index in [1.165, 1.54) is 11.7 Å². The number of carbonyl (C=O) groups excluding carboxylic acids is 1. The van der Waals surface area contributed by atoms with Crippen molar-refractivity contribution in [3.8, 4) is 17.6 Å². The van der Waals surface area contributed by atoms with Crippen molar-refractivity contribution in [1.82, 2.24) is 9.47 Å². The Labute approximate surface area is 242 Å². The number of aldehydes is 1. The van der Waals surface area contributed by atoms with E-state index >= 15 is 0 Å². The number of nitrogens with one attached hydrogen (secondary N) is 2. The normalized spacial score (nSPS) is 14.0. The fourth-order valence-corrected chi connectivity index (χ4v) is 4.79. The van der Waals surface area contributed by atoms with Crippen LogP contribution in [0, 0.1) is 11.8 Å². The van der Waals surface area contributed by atoms with Crippen LogP contribution >= 0.6 is 11.9 Å². The van der Waals surface area contributed by atoms with Crippen molar-refractivity contribution in [2.24, 2.45) is 5.14 Å². The molecule has 222 valence electrons. The van der Waals surface area contributed by atoms with Gasteiger partial charge in [-0.15, -0.1) is 0 Å². The topological polar surface area (TPSA) is 93.8 Å². The first kappa shape index (κ1) is 32.1. The van der Waals surface area contributed by atoms with Crippen molar-refractivity contribution >= 4 is 40.5 Å². The van der Waals surface area contributed by atoms with E-state index in [-0.39, 0.29) is 19.2 Å². The number of alkyl halides is 3. The van der Waals surface area contributed by atoms with E-state index in [0.29, 0.717) is 23.2 Å². The zero-order valence-corrected chi connectivity index (χ0v) is 24.2. The fraction of sp³-hybridized carbons (Fsp3) is 0.414. The largest absolute Gasteiger partial charge is 0.495 e. The van der Waals surface area contributed by atoms with Crippen LogP contribution in [-0.2, 0) is 16.1 Å². The SMILES string of the molecule is COCC=O.COc1cc(SN)ccc1NCC#Cc1cc2c(NC3CCN(C)CC3)cccc2n1CC(F)(F)F. The molecule has 1 saturated heterocycles. The number of benzene rings is 2. The van der Waals surface area contributed by atoms with Gasteiger partial charge in [0.05, 0.1) is 30.6 Å². The molecule has 0 radical (unpaired) electrons. The average molecular weight is 592 g/mol. The summed E-state index contributed by atoms with van der Waals surface area (Å²) in [4.78, 5) is 12.4. The molecule has 0 saturated carbocycles. The number of nitrogens with two attached hydrogens (primary N) is 1. The summed E-state index contributed by atoms with van der Waals surface area (Å²) in [5.74, 6) is 6.52. The molecule has 3 aromatic rings. The van der Waals surface area contributed by atoms with E-state index in [1.54, 1.807) is 31.4 Å². The molecule has 1 aliphatic heterocycles. The smallest absolute Gasteiger partial charge is 0.406 e. The Hall–Kier alpha value is -3.37. The summed E-state index contributed by atoms with van der Waals surface area (Å²) in [6.45, 7) is 1.33. The average Bonchev–Trinajstić information content (AvgIpc) is 3.29. The van der Waals surface area contributed by atoms with Crippen LogP contribution in [0.1, 0.15) is 18.5 Å². The number of fused-ring (bicyclic) bond motifs is 1. The second kappa shape index (κ2) is 15.6. The second-order valence-electron chi connectivity index (χ2n) is 9.45. The molecule has 2 heterocycles. The summed E-state index contributed by atoms with van der Waals surface area (Å²) in [5, 5.41) is 13.1. The van der Waals surface area contributed by atoms with Crippen LogP contribution in [0.5, 0.6) is 5.75 Å². The lowest BCUT2D eigenvalue weighted by Gasteiger charge is -2.30. The summed E-state index contributed by atoms with van der Waals surface area (Å²) in [6, 6.07) is 13.0. The molecule has 8 nitrogen and oxygen atoms in total. The highest BCUT2D eigenvalue weighted by molar-refractivity contribution is 7.97. The maximum Gasteiger partial charge on any atom is 0.406 e. The number of hydrogen-bond donors (Lipinski definition) is 3. The van der Waals surface area contributed by atoms with E-state index in [1.807, 2.05) is 18.2 Å². The maximum atomic E-state index is 13.5. The molecular formula is C29H36F3N5O3S. The molecule has 0 bridgehead atoms. The molecular weight excluding hydrogens is 555 g/mol. The minimum Gasteiger partial charge on any atom is -0.495 e. The molecule has 1 fully saturated rings. The van der Waals surface area contributed by atoms with Gasteiger partial charge in [-0.1, -0.05) is 12.0 Å². The van der Waals surface area contributed by atoms with E-state index in [4.69, 9.17) is 9.88 Å². The number of halogens is 3. The molecule has 0 unspecified atom stereocenters. The molecule has 0 atom stereocenters. The quantitative estimate of drug-likeness (QED) is 0.182. The number of piperidine rings is 1. The van der Waals surface area contributed by atoms with E-state index in [2.05, 4.69) is 39.2 Å². The summed E-state index contributed by atoms with van der Waals surface area (Å²) in [5.41, 5.74) is 2.40. The summed E-state index contributed by atoms with van der Waals surface area (Å²) >= 11 is 1.11. The highest BCUT2D eigenvalue weighted by Gasteiger charge is 2.30. The Morgan fingerprint density at radius 2 is 1.90 bits per heavy atom. The van der Waals surface area contributed by atoms with Gasteiger partial charge in [0.15, 0.2) is 0 Å². The van der Waals surface area contributed by atoms with Gasteiger partial charge in [0.2, 0.25) is 0 Å². The van der Waals surface area contributed by atoms with Gasteiger partial charge in [-0.2, -0.15) is 13.2 Å². The lowest BCUT2D eigenvalue weighted by Crippen LogP contribution is -2.36. The van der Waals surface area contributed by atoms with Gasteiger partial charge >= 0.3 is 6.18 Å². The molecule has 4 rings (SSSR count). The number of carbonyl (C=O) groups is 1. The first-order valence-electron chi connectivity index (χ1n) is 13.0. The lowest BCUT2D eigenvalue weighted by molar-refractivity contribution is -0.140. The van der Waals surface area contributed by atoms with Crippen molar-refractivity contribution in [3.05, 3.63) is 48.2 Å². The van der Waals surface area contributed by atoms with Crippen LogP contribution in [0.4, 0.5) is 24.5 Å². The zero-order valence-electron chi connectivity index (χ0n) is 23.4. The monoisotopic (exact) mass is 591 g/mol. The van der Waals surface area contributed by atoms with Crippen LogP contribution < -0.4 is 20.5 Å². The molecule has 2 aromatic carbocycles. The van der Waals surface area contributed by atoms with Crippen LogP contribution in [0.25, 0.3) is 10.9 Å². The van der Waals surface area contributed by atoms with Crippen molar-refractivity contribution in [2.75, 3.05) is 58.1 Å². The Morgan fingerprint density at radius 1 is 1.15 bits per heavy atom. The maximum absolute atomic E-state index is 13.5. The number of rotatable bonds is 9. The third-order valence-electron chi connectivity index (χ3n) is 6.49. The number of methoxy groups -OCH3 is 2. The van der Waals surface area contributed by atoms with Crippen molar-refractivity contribution in [1.29, 1.82) is 0 Å². The van der Waals surface area contributed by atoms with Crippen LogP contribution in [0.3, 0.4) is 0 Å². The van der Waals surface area contributed by atoms with Crippen molar-refractivity contribution in [3.63, 3.8) is 0 Å². The number of ether oxygens (including phenoxy) is 2. The van der Waals surface area contributed by atoms with Gasteiger partial charge in [0.1, 0.15) is 25.2 Å². The minimum absolute atomic E-state index is 0.208. The van der Waals surface area contributed by atoms with Gasteiger partial charge in [0, 0.05) is 29.1 Å². The molecule has 0 spiro atoms. The first-order valence-corrected chi connectivity index (χ1v) is 13.9. The molecule has 1 aromatic heterocycles. The van der Waals surface area contributed by atoms with Crippen molar-refractivity contribution < 1.29 is 27.4 Å². The van der Waals surface area contributed by atoms with E-state index < -0.39 is 12.7 Å². The fourth-order valence-electron chi connectivity index (χ4n) is 4.47. The zero-order chi connectivity index (χ0) is 29.8. The summed E-state index contributed by atoms with van der Waals surface area (Å²) in [6.07, 6.45) is -1.68. The first-order chi connectivity index (χ1) is 19.7. The third kappa shape index (κ3) is 9.60. The number of nitrogens with zero attached hydrogens (tertiary/aromatic N) is 2. The van der Waals surface area contributed by atoms with E-state index in [0.717, 1.165) is 59.5 Å². The number of anilines is 2. The highest BCUT2D eigenvalue weighted by atomic mass is 32.2. The Bertz CT molecular complexity index is 1350. The molecule has 41 heavy (non-hydrogen) atoms. The molecule has 1 aliphatic rings. The van der Waals surface area contributed by atoms with Gasteiger partial charge in [-0.25, -0.2) is 0 Å². The summed E-state index contributed by atoms with van der Waals surface area (Å²) in [7, 11) is 5.14. The molecule has 0 aliphatic carbocycles. The highest BCUT2D eigenvalue weighted by Crippen LogP contribution is 2.31. The Balaban J connectivity index is 0.000000850. The number of aromatic nitrogens is 1. The van der Waals surface area contributed by atoms with Crippen molar-refractivity contribution in [2.45, 2.75) is 36.5 Å². The van der Waals surface area contributed by atoms with Crippen LogP contribution in [-0.4, -0.2) is 75.5 Å². The van der Waals surface area contributed by atoms with E-state index in [9.17, 15) is 18.0 Å². The number of hydrogen-bond acceptors (Lipinski definition) is 8. The molecule has 0 amide bonds. The minimum atomic E-state index is -4.37. The van der Waals surface area contributed by atoms with Gasteiger partial charge in [-0.05, 0) is 87.2 Å². The number of likely N-dealkylation sites (tertiary alicyclic amines) is 1. The Morgan fingerprint density at radius 3 is 2.51 bits per heavy atom. The Kier molecular flexibility index (Phi) is 12.2. The predicted molar refractivity (Wildman–Crippen MR) is 158 cm³/mol. The van der Waals surface area contributed by atoms with Gasteiger partial charge in [0.25, 0.3) is 0 Å². The van der Waals surface area contributed by atoms with Crippen LogP contribution in [0.2, 0.25) is 0 Å². The molecule has 12 heteroatoms. The predicted octanol–water partition coefficient (Wildman–Crippen LogP) is 4.98. The van der Waals surface area contributed by atoms with Gasteiger partial charge < -0.3 is 34.4 Å².